The number of benzene rings is 1. The minimum atomic E-state index is 0.505. The van der Waals surface area contributed by atoms with Gasteiger partial charge in [0.15, 0.2) is 0 Å². The van der Waals surface area contributed by atoms with Gasteiger partial charge >= 0.3 is 0 Å². The van der Waals surface area contributed by atoms with Gasteiger partial charge in [0, 0.05) is 18.9 Å². The van der Waals surface area contributed by atoms with Crippen LogP contribution in [0.25, 0.3) is 22.5 Å². The van der Waals surface area contributed by atoms with Crippen LogP contribution in [0.2, 0.25) is 0 Å². The largest absolute Gasteiger partial charge is 0.421 e. The molecule has 0 atom stereocenters. The first-order valence-electron chi connectivity index (χ1n) is 6.67. The number of rotatable bonds is 3. The molecule has 0 N–H and O–H groups in total. The molecule has 102 valence electrons. The van der Waals surface area contributed by atoms with Crippen molar-refractivity contribution >= 4 is 11.0 Å². The third-order valence-electron chi connectivity index (χ3n) is 3.31. The monoisotopic (exact) mass is 268 g/mol. The van der Waals surface area contributed by atoms with Gasteiger partial charge in [0.2, 0.25) is 11.8 Å². The molecule has 0 saturated carbocycles. The van der Waals surface area contributed by atoms with Gasteiger partial charge in [0.1, 0.15) is 5.82 Å². The molecule has 0 saturated heterocycles. The molecule has 3 aromatic rings. The van der Waals surface area contributed by atoms with Crippen LogP contribution in [0, 0.1) is 20.9 Å². The van der Waals surface area contributed by atoms with Gasteiger partial charge < -0.3 is 8.98 Å². The van der Waals surface area contributed by atoms with E-state index in [0.29, 0.717) is 11.8 Å². The Hall–Kier alpha value is -2.17. The van der Waals surface area contributed by atoms with E-state index < -0.39 is 0 Å². The molecule has 0 bridgehead atoms. The van der Waals surface area contributed by atoms with Crippen LogP contribution in [0.15, 0.2) is 16.5 Å². The lowest BCUT2D eigenvalue weighted by atomic mass is 10.1. The first-order valence-corrected chi connectivity index (χ1v) is 6.67. The molecule has 0 unspecified atom stereocenters. The van der Waals surface area contributed by atoms with Gasteiger partial charge in [-0.25, -0.2) is 4.98 Å². The zero-order valence-electron chi connectivity index (χ0n) is 11.8. The van der Waals surface area contributed by atoms with Crippen molar-refractivity contribution in [3.63, 3.8) is 0 Å². The number of hydrogen-bond donors (Lipinski definition) is 0. The molecule has 0 aliphatic rings. The molecule has 5 heteroatoms. The first kappa shape index (κ1) is 12.8. The molecule has 0 spiro atoms. The quantitative estimate of drug-likeness (QED) is 0.732. The van der Waals surface area contributed by atoms with Crippen LogP contribution < -0.4 is 0 Å². The molecule has 2 radical (unpaired) electrons. The maximum Gasteiger partial charge on any atom is 0.247 e. The smallest absolute Gasteiger partial charge is 0.247 e. The predicted molar refractivity (Wildman–Crippen MR) is 76.2 cm³/mol. The van der Waals surface area contributed by atoms with Crippen molar-refractivity contribution < 1.29 is 4.42 Å². The zero-order valence-corrected chi connectivity index (χ0v) is 11.8. The van der Waals surface area contributed by atoms with Gasteiger partial charge in [-0.15, -0.1) is 10.2 Å². The Balaban J connectivity index is 2.20. The second-order valence-corrected chi connectivity index (χ2v) is 4.94. The number of nitrogens with zero attached hydrogens (tertiary/aromatic N) is 4. The number of hydrogen-bond acceptors (Lipinski definition) is 4. The van der Waals surface area contributed by atoms with Crippen molar-refractivity contribution in [2.75, 3.05) is 0 Å². The molecule has 3 rings (SSSR count). The Morgan fingerprint density at radius 2 is 2.05 bits per heavy atom. The number of aromatic nitrogens is 4. The van der Waals surface area contributed by atoms with Gasteiger partial charge in [0.25, 0.3) is 0 Å². The van der Waals surface area contributed by atoms with Gasteiger partial charge in [-0.3, -0.25) is 0 Å². The minimum absolute atomic E-state index is 0.505. The maximum absolute atomic E-state index is 6.13. The summed E-state index contributed by atoms with van der Waals surface area (Å²) in [6.45, 7) is 5.89. The van der Waals surface area contributed by atoms with E-state index in [2.05, 4.69) is 22.1 Å². The van der Waals surface area contributed by atoms with Crippen LogP contribution >= 0.6 is 0 Å². The Morgan fingerprint density at radius 1 is 1.25 bits per heavy atom. The summed E-state index contributed by atoms with van der Waals surface area (Å²) in [6.07, 6.45) is 1.87. The number of aryl methyl sites for hydroxylation is 3. The highest BCUT2D eigenvalue weighted by molar-refractivity contribution is 5.84. The van der Waals surface area contributed by atoms with Crippen LogP contribution in [-0.2, 0) is 6.42 Å². The summed E-state index contributed by atoms with van der Waals surface area (Å²) in [5.41, 5.74) is 3.73. The SMILES string of the molecule is [CH]n1c(CCC)nc2c(C)cc(-c3nnc(C)o3)cc21. The lowest BCUT2D eigenvalue weighted by Gasteiger charge is -2.02. The number of imidazole rings is 1. The summed E-state index contributed by atoms with van der Waals surface area (Å²) in [7, 11) is 6.13. The average molecular weight is 268 g/mol. The summed E-state index contributed by atoms with van der Waals surface area (Å²) in [6, 6.07) is 3.94. The molecule has 0 aliphatic carbocycles. The fourth-order valence-corrected chi connectivity index (χ4v) is 2.35. The summed E-state index contributed by atoms with van der Waals surface area (Å²) in [5.74, 6) is 1.95. The van der Waals surface area contributed by atoms with Crippen molar-refractivity contribution in [1.29, 1.82) is 0 Å². The Bertz CT molecular complexity index is 770. The van der Waals surface area contributed by atoms with E-state index in [1.165, 1.54) is 0 Å². The van der Waals surface area contributed by atoms with Crippen LogP contribution in [0.4, 0.5) is 0 Å². The Kier molecular flexibility index (Phi) is 3.04. The van der Waals surface area contributed by atoms with E-state index in [0.717, 1.165) is 40.8 Å². The van der Waals surface area contributed by atoms with Crippen LogP contribution in [0.3, 0.4) is 0 Å². The Labute approximate surface area is 117 Å². The summed E-state index contributed by atoms with van der Waals surface area (Å²) >= 11 is 0. The molecule has 0 aliphatic heterocycles. The van der Waals surface area contributed by atoms with Gasteiger partial charge in [-0.05, 0) is 31.0 Å². The molecule has 2 heterocycles. The van der Waals surface area contributed by atoms with Crippen molar-refractivity contribution in [3.05, 3.63) is 36.5 Å². The third kappa shape index (κ3) is 1.99. The molecular weight excluding hydrogens is 252 g/mol. The van der Waals surface area contributed by atoms with E-state index in [9.17, 15) is 0 Å². The third-order valence-corrected chi connectivity index (χ3v) is 3.31. The average Bonchev–Trinajstić information content (AvgIpc) is 2.97. The van der Waals surface area contributed by atoms with E-state index in [1.807, 2.05) is 19.1 Å². The summed E-state index contributed by atoms with van der Waals surface area (Å²) < 4.78 is 7.13. The second-order valence-electron chi connectivity index (χ2n) is 4.94. The highest BCUT2D eigenvalue weighted by Gasteiger charge is 2.14. The first-order chi connectivity index (χ1) is 9.60. The van der Waals surface area contributed by atoms with Gasteiger partial charge in [-0.1, -0.05) is 6.92 Å². The van der Waals surface area contributed by atoms with Crippen LogP contribution in [0.5, 0.6) is 0 Å². The van der Waals surface area contributed by atoms with E-state index in [-0.39, 0.29) is 0 Å². The van der Waals surface area contributed by atoms with E-state index in [1.54, 1.807) is 11.5 Å². The maximum atomic E-state index is 6.13. The fraction of sp³-hybridized carbons (Fsp3) is 0.333. The van der Waals surface area contributed by atoms with Gasteiger partial charge in [-0.2, -0.15) is 0 Å². The summed E-state index contributed by atoms with van der Waals surface area (Å²) in [4.78, 5) is 4.61. The second kappa shape index (κ2) is 4.74. The lowest BCUT2D eigenvalue weighted by molar-refractivity contribution is 0.533. The van der Waals surface area contributed by atoms with Crippen molar-refractivity contribution in [3.8, 4) is 11.5 Å². The van der Waals surface area contributed by atoms with Crippen LogP contribution in [-0.4, -0.2) is 19.7 Å². The molecule has 1 aromatic carbocycles. The van der Waals surface area contributed by atoms with Crippen molar-refractivity contribution in [2.45, 2.75) is 33.6 Å². The van der Waals surface area contributed by atoms with Crippen molar-refractivity contribution in [2.24, 2.45) is 0 Å². The highest BCUT2D eigenvalue weighted by Crippen LogP contribution is 2.27. The topological polar surface area (TPSA) is 56.7 Å². The minimum Gasteiger partial charge on any atom is -0.421 e. The number of fused-ring (bicyclic) bond motifs is 1. The Morgan fingerprint density at radius 3 is 2.70 bits per heavy atom. The molecule has 20 heavy (non-hydrogen) atoms. The van der Waals surface area contributed by atoms with E-state index in [4.69, 9.17) is 11.5 Å². The zero-order chi connectivity index (χ0) is 14.3. The molecule has 0 amide bonds. The molecule has 5 nitrogen and oxygen atoms in total. The predicted octanol–water partition coefficient (Wildman–Crippen LogP) is 3.17. The normalized spacial score (nSPS) is 11.4. The molecule has 0 fully saturated rings. The van der Waals surface area contributed by atoms with E-state index >= 15 is 0 Å². The van der Waals surface area contributed by atoms with Crippen molar-refractivity contribution in [1.82, 2.24) is 19.7 Å². The fourth-order valence-electron chi connectivity index (χ4n) is 2.35. The summed E-state index contributed by atoms with van der Waals surface area (Å²) in [5, 5.41) is 7.91. The standard InChI is InChI=1S/C15H16N4O/c1-5-6-13-16-14-9(2)7-11(8-12(14)19(13)4)15-18-17-10(3)20-15/h4,7-8H,5-6H2,1-3H3. The molecule has 2 aromatic heterocycles. The van der Waals surface area contributed by atoms with Crippen LogP contribution in [0.1, 0.15) is 30.6 Å². The van der Waals surface area contributed by atoms with Gasteiger partial charge in [0.05, 0.1) is 18.1 Å². The lowest BCUT2D eigenvalue weighted by Crippen LogP contribution is -1.94. The highest BCUT2D eigenvalue weighted by atomic mass is 16.4. The molecular formula is C15H16N4O.